The Kier molecular flexibility index (Phi) is 5.55. The van der Waals surface area contributed by atoms with Gasteiger partial charge in [-0.1, -0.05) is 6.07 Å². The molecule has 1 amide bonds. The highest BCUT2D eigenvalue weighted by Gasteiger charge is 2.15. The molecule has 1 aromatic rings. The Morgan fingerprint density at radius 2 is 2.00 bits per heavy atom. The number of rotatable bonds is 5. The van der Waals surface area contributed by atoms with Crippen LogP contribution in [0.5, 0.6) is 0 Å². The van der Waals surface area contributed by atoms with Crippen LogP contribution >= 0.6 is 0 Å². The maximum absolute atomic E-state index is 12.2. The Labute approximate surface area is 131 Å². The van der Waals surface area contributed by atoms with E-state index >= 15 is 0 Å². The normalized spacial score (nSPS) is 16.5. The molecular weight excluding hydrogens is 304 g/mol. The minimum Gasteiger partial charge on any atom is -0.379 e. The van der Waals surface area contributed by atoms with E-state index in [4.69, 9.17) is 4.74 Å². The summed E-state index contributed by atoms with van der Waals surface area (Å²) in [5, 5.41) is 2.85. The number of hydrogen-bond acceptors (Lipinski definition) is 5. The fourth-order valence-electron chi connectivity index (χ4n) is 2.32. The zero-order valence-corrected chi connectivity index (χ0v) is 13.8. The minimum absolute atomic E-state index is 0.163. The lowest BCUT2D eigenvalue weighted by atomic mass is 10.1. The van der Waals surface area contributed by atoms with E-state index in [0.717, 1.165) is 44.7 Å². The lowest BCUT2D eigenvalue weighted by Crippen LogP contribution is -2.41. The summed E-state index contributed by atoms with van der Waals surface area (Å²) in [6.45, 7) is 6.29. The number of carbonyl (C=O) groups is 1. The second-order valence-corrected chi connectivity index (χ2v) is 7.47. The molecule has 0 bridgehead atoms. The van der Waals surface area contributed by atoms with Crippen molar-refractivity contribution in [2.45, 2.75) is 11.8 Å². The van der Waals surface area contributed by atoms with Crippen LogP contribution in [-0.2, 0) is 14.6 Å². The van der Waals surface area contributed by atoms with E-state index in [9.17, 15) is 13.2 Å². The van der Waals surface area contributed by atoms with E-state index in [1.807, 2.05) is 0 Å². The zero-order valence-electron chi connectivity index (χ0n) is 13.0. The molecule has 6 nitrogen and oxygen atoms in total. The van der Waals surface area contributed by atoms with Crippen molar-refractivity contribution >= 4 is 15.7 Å². The molecule has 2 rings (SSSR count). The first-order chi connectivity index (χ1) is 10.4. The first kappa shape index (κ1) is 16.9. The lowest BCUT2D eigenvalue weighted by Gasteiger charge is -2.26. The summed E-state index contributed by atoms with van der Waals surface area (Å²) in [7, 11) is -3.32. The molecule has 1 aliphatic heterocycles. The molecule has 1 heterocycles. The second kappa shape index (κ2) is 7.21. The Hall–Kier alpha value is -1.44. The predicted molar refractivity (Wildman–Crippen MR) is 83.9 cm³/mol. The third-order valence-corrected chi connectivity index (χ3v) is 4.81. The standard InChI is InChI=1S/C15H22N2O4S/c1-12-3-4-13(22(2,19)20)11-14(12)15(18)16-5-6-17-7-9-21-10-8-17/h3-4,11H,5-10H2,1-2H3,(H,16,18). The molecule has 0 atom stereocenters. The summed E-state index contributed by atoms with van der Waals surface area (Å²) in [5.41, 5.74) is 1.17. The van der Waals surface area contributed by atoms with Crippen LogP contribution in [0.3, 0.4) is 0 Å². The van der Waals surface area contributed by atoms with Crippen LogP contribution in [0.2, 0.25) is 0 Å². The monoisotopic (exact) mass is 326 g/mol. The van der Waals surface area contributed by atoms with Crippen molar-refractivity contribution in [2.75, 3.05) is 45.6 Å². The van der Waals surface area contributed by atoms with Crippen molar-refractivity contribution in [3.63, 3.8) is 0 Å². The first-order valence-corrected chi connectivity index (χ1v) is 9.16. The maximum atomic E-state index is 12.2. The molecule has 7 heteroatoms. The first-order valence-electron chi connectivity index (χ1n) is 7.27. The van der Waals surface area contributed by atoms with Gasteiger partial charge in [-0.25, -0.2) is 8.42 Å². The Morgan fingerprint density at radius 3 is 2.64 bits per heavy atom. The van der Waals surface area contributed by atoms with E-state index in [1.165, 1.54) is 12.1 Å². The molecule has 122 valence electrons. The number of hydrogen-bond donors (Lipinski definition) is 1. The Balaban J connectivity index is 1.97. The zero-order chi connectivity index (χ0) is 16.2. The van der Waals surface area contributed by atoms with Crippen molar-refractivity contribution in [1.82, 2.24) is 10.2 Å². The molecule has 0 radical (unpaired) electrons. The second-order valence-electron chi connectivity index (χ2n) is 5.46. The predicted octanol–water partition coefficient (Wildman–Crippen LogP) is 0.461. The molecule has 1 aliphatic rings. The molecule has 0 aliphatic carbocycles. The minimum atomic E-state index is -3.32. The van der Waals surface area contributed by atoms with Gasteiger partial charge < -0.3 is 10.1 Å². The summed E-state index contributed by atoms with van der Waals surface area (Å²) in [6.07, 6.45) is 1.14. The van der Waals surface area contributed by atoms with Crippen molar-refractivity contribution in [3.8, 4) is 0 Å². The van der Waals surface area contributed by atoms with Gasteiger partial charge in [0.15, 0.2) is 9.84 Å². The van der Waals surface area contributed by atoms with Gasteiger partial charge in [-0.05, 0) is 24.6 Å². The third-order valence-electron chi connectivity index (χ3n) is 3.70. The number of aryl methyl sites for hydroxylation is 1. The number of sulfone groups is 1. The van der Waals surface area contributed by atoms with E-state index in [2.05, 4.69) is 10.2 Å². The van der Waals surface area contributed by atoms with E-state index in [-0.39, 0.29) is 10.8 Å². The molecule has 0 spiro atoms. The van der Waals surface area contributed by atoms with Gasteiger partial charge in [-0.15, -0.1) is 0 Å². The van der Waals surface area contributed by atoms with Crippen molar-refractivity contribution in [1.29, 1.82) is 0 Å². The van der Waals surface area contributed by atoms with Crippen LogP contribution < -0.4 is 5.32 Å². The largest absolute Gasteiger partial charge is 0.379 e. The number of amides is 1. The van der Waals surface area contributed by atoms with E-state index < -0.39 is 9.84 Å². The molecule has 1 fully saturated rings. The smallest absolute Gasteiger partial charge is 0.251 e. The molecule has 1 N–H and O–H groups in total. The highest BCUT2D eigenvalue weighted by molar-refractivity contribution is 7.90. The van der Waals surface area contributed by atoms with Crippen LogP contribution in [-0.4, -0.2) is 64.9 Å². The van der Waals surface area contributed by atoms with Gasteiger partial charge in [0.2, 0.25) is 0 Å². The molecule has 0 saturated carbocycles. The Morgan fingerprint density at radius 1 is 1.32 bits per heavy atom. The quantitative estimate of drug-likeness (QED) is 0.851. The van der Waals surface area contributed by atoms with Crippen molar-refractivity contribution in [2.24, 2.45) is 0 Å². The average Bonchev–Trinajstić information content (AvgIpc) is 2.47. The van der Waals surface area contributed by atoms with Crippen LogP contribution in [0.4, 0.5) is 0 Å². The highest BCUT2D eigenvalue weighted by atomic mass is 32.2. The summed E-state index contributed by atoms with van der Waals surface area (Å²) in [6, 6.07) is 4.62. The van der Waals surface area contributed by atoms with Gasteiger partial charge in [0.25, 0.3) is 5.91 Å². The van der Waals surface area contributed by atoms with Gasteiger partial charge in [0, 0.05) is 38.0 Å². The molecule has 1 aromatic carbocycles. The fourth-order valence-corrected chi connectivity index (χ4v) is 2.97. The SMILES string of the molecule is Cc1ccc(S(C)(=O)=O)cc1C(=O)NCCN1CCOCC1. The van der Waals surface area contributed by atoms with Crippen LogP contribution in [0.1, 0.15) is 15.9 Å². The van der Waals surface area contributed by atoms with Gasteiger partial charge in [0.05, 0.1) is 18.1 Å². The van der Waals surface area contributed by atoms with Crippen LogP contribution in [0.15, 0.2) is 23.1 Å². The van der Waals surface area contributed by atoms with Crippen LogP contribution in [0, 0.1) is 6.92 Å². The van der Waals surface area contributed by atoms with E-state index in [1.54, 1.807) is 13.0 Å². The fraction of sp³-hybridized carbons (Fsp3) is 0.533. The van der Waals surface area contributed by atoms with Crippen molar-refractivity contribution in [3.05, 3.63) is 29.3 Å². The summed E-state index contributed by atoms with van der Waals surface area (Å²) < 4.78 is 28.4. The number of carbonyl (C=O) groups excluding carboxylic acids is 1. The molecule has 1 saturated heterocycles. The third kappa shape index (κ3) is 4.53. The van der Waals surface area contributed by atoms with Gasteiger partial charge >= 0.3 is 0 Å². The number of ether oxygens (including phenoxy) is 1. The number of benzene rings is 1. The highest BCUT2D eigenvalue weighted by Crippen LogP contribution is 2.15. The Bertz CT molecular complexity index is 637. The number of nitrogens with one attached hydrogen (secondary N) is 1. The van der Waals surface area contributed by atoms with Gasteiger partial charge in [-0.2, -0.15) is 0 Å². The molecular formula is C15H22N2O4S. The molecule has 22 heavy (non-hydrogen) atoms. The topological polar surface area (TPSA) is 75.7 Å². The van der Waals surface area contributed by atoms with Crippen molar-refractivity contribution < 1.29 is 17.9 Å². The summed E-state index contributed by atoms with van der Waals surface area (Å²) in [4.78, 5) is 14.6. The molecule has 0 unspecified atom stereocenters. The van der Waals surface area contributed by atoms with E-state index in [0.29, 0.717) is 12.1 Å². The molecule has 0 aromatic heterocycles. The number of nitrogens with zero attached hydrogens (tertiary/aromatic N) is 1. The van der Waals surface area contributed by atoms with Gasteiger partial charge in [0.1, 0.15) is 0 Å². The van der Waals surface area contributed by atoms with Gasteiger partial charge in [-0.3, -0.25) is 9.69 Å². The summed E-state index contributed by atoms with van der Waals surface area (Å²) >= 11 is 0. The van der Waals surface area contributed by atoms with Crippen LogP contribution in [0.25, 0.3) is 0 Å². The number of morpholine rings is 1. The maximum Gasteiger partial charge on any atom is 0.251 e. The summed E-state index contributed by atoms with van der Waals surface area (Å²) in [5.74, 6) is -0.240. The average molecular weight is 326 g/mol. The lowest BCUT2D eigenvalue weighted by molar-refractivity contribution is 0.0383.